The van der Waals surface area contributed by atoms with Crippen LogP contribution < -0.4 is 17.2 Å². The SMILES string of the molecule is C=CCCC[N+](C)(C)Oc1ccccc1.[Cl-]. The fourth-order valence-corrected chi connectivity index (χ4v) is 1.43. The van der Waals surface area contributed by atoms with Gasteiger partial charge < -0.3 is 17.2 Å². The summed E-state index contributed by atoms with van der Waals surface area (Å²) < 4.78 is 0.553. The van der Waals surface area contributed by atoms with Gasteiger partial charge in [0.2, 0.25) is 0 Å². The molecule has 1 aromatic carbocycles. The predicted molar refractivity (Wildman–Crippen MR) is 63.5 cm³/mol. The number of unbranched alkanes of at least 4 members (excludes halogenated alkanes) is 1. The maximum absolute atomic E-state index is 5.85. The lowest BCUT2D eigenvalue weighted by molar-refractivity contribution is -1.05. The van der Waals surface area contributed by atoms with E-state index < -0.39 is 0 Å². The van der Waals surface area contributed by atoms with Crippen molar-refractivity contribution in [1.29, 1.82) is 0 Å². The smallest absolute Gasteiger partial charge is 0.190 e. The van der Waals surface area contributed by atoms with E-state index in [0.717, 1.165) is 25.1 Å². The zero-order valence-electron chi connectivity index (χ0n) is 10.0. The molecule has 0 saturated carbocycles. The van der Waals surface area contributed by atoms with Crippen LogP contribution in [0.1, 0.15) is 12.8 Å². The average Bonchev–Trinajstić information content (AvgIpc) is 2.18. The van der Waals surface area contributed by atoms with Crippen molar-refractivity contribution in [2.24, 2.45) is 0 Å². The van der Waals surface area contributed by atoms with Crippen molar-refractivity contribution in [3.05, 3.63) is 43.0 Å². The summed E-state index contributed by atoms with van der Waals surface area (Å²) in [6, 6.07) is 9.92. The van der Waals surface area contributed by atoms with E-state index in [9.17, 15) is 0 Å². The van der Waals surface area contributed by atoms with Crippen molar-refractivity contribution in [3.8, 4) is 5.75 Å². The lowest BCUT2D eigenvalue weighted by atomic mass is 10.3. The summed E-state index contributed by atoms with van der Waals surface area (Å²) in [5, 5.41) is 0. The molecule has 1 aromatic rings. The first kappa shape index (κ1) is 15.0. The van der Waals surface area contributed by atoms with E-state index in [0.29, 0.717) is 4.65 Å². The monoisotopic (exact) mass is 241 g/mol. The number of allylic oxidation sites excluding steroid dienone is 1. The molecule has 0 aliphatic heterocycles. The Morgan fingerprint density at radius 2 is 1.88 bits per heavy atom. The zero-order valence-corrected chi connectivity index (χ0v) is 10.8. The highest BCUT2D eigenvalue weighted by molar-refractivity contribution is 5.20. The first-order valence-corrected chi connectivity index (χ1v) is 5.32. The van der Waals surface area contributed by atoms with E-state index in [4.69, 9.17) is 4.84 Å². The quantitative estimate of drug-likeness (QED) is 0.296. The van der Waals surface area contributed by atoms with Gasteiger partial charge in [0, 0.05) is 6.42 Å². The Hall–Kier alpha value is -0.990. The van der Waals surface area contributed by atoms with Crippen LogP contribution in [-0.2, 0) is 0 Å². The maximum Gasteiger partial charge on any atom is 0.190 e. The molecule has 0 heterocycles. The number of benzene rings is 1. The molecule has 0 atom stereocenters. The summed E-state index contributed by atoms with van der Waals surface area (Å²) in [5.41, 5.74) is 0. The zero-order chi connectivity index (χ0) is 11.1. The molecular formula is C13H20ClNO. The molecular weight excluding hydrogens is 222 g/mol. The number of para-hydroxylation sites is 1. The molecule has 16 heavy (non-hydrogen) atoms. The molecule has 0 fully saturated rings. The second kappa shape index (κ2) is 7.31. The van der Waals surface area contributed by atoms with E-state index in [1.165, 1.54) is 0 Å². The van der Waals surface area contributed by atoms with Gasteiger partial charge in [-0.15, -0.1) is 11.2 Å². The second-order valence-corrected chi connectivity index (χ2v) is 4.13. The highest BCUT2D eigenvalue weighted by Crippen LogP contribution is 2.14. The number of quaternary nitrogens is 1. The van der Waals surface area contributed by atoms with Gasteiger partial charge in [0.25, 0.3) is 0 Å². The van der Waals surface area contributed by atoms with E-state index in [2.05, 4.69) is 20.7 Å². The fourth-order valence-electron chi connectivity index (χ4n) is 1.43. The van der Waals surface area contributed by atoms with Gasteiger partial charge in [-0.25, -0.2) is 0 Å². The average molecular weight is 242 g/mol. The van der Waals surface area contributed by atoms with Crippen molar-refractivity contribution in [2.45, 2.75) is 12.8 Å². The molecule has 0 unspecified atom stereocenters. The van der Waals surface area contributed by atoms with Crippen LogP contribution in [0.3, 0.4) is 0 Å². The van der Waals surface area contributed by atoms with Crippen LogP contribution in [0.2, 0.25) is 0 Å². The van der Waals surface area contributed by atoms with Crippen molar-refractivity contribution >= 4 is 0 Å². The number of halogens is 1. The Bertz CT molecular complexity index is 298. The molecule has 0 amide bonds. The third-order valence-corrected chi connectivity index (χ3v) is 2.20. The van der Waals surface area contributed by atoms with Gasteiger partial charge in [-0.2, -0.15) is 0 Å². The maximum atomic E-state index is 5.85. The van der Waals surface area contributed by atoms with E-state index >= 15 is 0 Å². The highest BCUT2D eigenvalue weighted by atomic mass is 35.5. The minimum Gasteiger partial charge on any atom is -1.00 e. The molecule has 0 aliphatic carbocycles. The van der Waals surface area contributed by atoms with Crippen LogP contribution in [0, 0.1) is 0 Å². The number of nitrogens with zero attached hydrogens (tertiary/aromatic N) is 1. The Balaban J connectivity index is 0.00000225. The van der Waals surface area contributed by atoms with Crippen molar-refractivity contribution in [2.75, 3.05) is 20.6 Å². The van der Waals surface area contributed by atoms with Crippen LogP contribution in [0.25, 0.3) is 0 Å². The van der Waals surface area contributed by atoms with Gasteiger partial charge in [-0.05, 0) is 18.6 Å². The first-order chi connectivity index (χ1) is 7.14. The van der Waals surface area contributed by atoms with Crippen LogP contribution in [0.15, 0.2) is 43.0 Å². The normalized spacial score (nSPS) is 10.4. The summed E-state index contributed by atoms with van der Waals surface area (Å²) in [6.45, 7) is 4.70. The topological polar surface area (TPSA) is 9.23 Å². The van der Waals surface area contributed by atoms with Gasteiger partial charge >= 0.3 is 0 Å². The predicted octanol–water partition coefficient (Wildman–Crippen LogP) is 0.0270. The first-order valence-electron chi connectivity index (χ1n) is 5.32. The van der Waals surface area contributed by atoms with Gasteiger partial charge in [0.1, 0.15) is 20.6 Å². The number of hydrogen-bond donors (Lipinski definition) is 0. The molecule has 0 spiro atoms. The molecule has 3 heteroatoms. The minimum absolute atomic E-state index is 0. The molecule has 0 aliphatic rings. The van der Waals surface area contributed by atoms with E-state index in [1.54, 1.807) is 0 Å². The van der Waals surface area contributed by atoms with Crippen molar-refractivity contribution < 1.29 is 21.9 Å². The molecule has 90 valence electrons. The highest BCUT2D eigenvalue weighted by Gasteiger charge is 2.16. The van der Waals surface area contributed by atoms with Crippen molar-refractivity contribution in [1.82, 2.24) is 0 Å². The molecule has 0 radical (unpaired) electrons. The van der Waals surface area contributed by atoms with Crippen LogP contribution in [-0.4, -0.2) is 25.3 Å². The Kier molecular flexibility index (Phi) is 6.86. The third-order valence-electron chi connectivity index (χ3n) is 2.20. The second-order valence-electron chi connectivity index (χ2n) is 4.13. The van der Waals surface area contributed by atoms with Crippen LogP contribution >= 0.6 is 0 Å². The lowest BCUT2D eigenvalue weighted by Crippen LogP contribution is -3.00. The van der Waals surface area contributed by atoms with Gasteiger partial charge in [0.05, 0.1) is 0 Å². The molecule has 0 N–H and O–H groups in total. The summed E-state index contributed by atoms with van der Waals surface area (Å²) in [5.74, 6) is 0.918. The van der Waals surface area contributed by atoms with Gasteiger partial charge in [-0.3, -0.25) is 0 Å². The van der Waals surface area contributed by atoms with Crippen LogP contribution in [0.4, 0.5) is 0 Å². The number of hydrogen-bond acceptors (Lipinski definition) is 1. The van der Waals surface area contributed by atoms with Crippen LogP contribution in [0.5, 0.6) is 5.75 Å². The Labute approximate surface area is 104 Å². The molecule has 0 aromatic heterocycles. The largest absolute Gasteiger partial charge is 1.00 e. The summed E-state index contributed by atoms with van der Waals surface area (Å²) in [4.78, 5) is 5.85. The summed E-state index contributed by atoms with van der Waals surface area (Å²) in [7, 11) is 4.13. The van der Waals surface area contributed by atoms with Crippen molar-refractivity contribution in [3.63, 3.8) is 0 Å². The van der Waals surface area contributed by atoms with Gasteiger partial charge in [0.15, 0.2) is 5.75 Å². The Morgan fingerprint density at radius 1 is 1.25 bits per heavy atom. The molecule has 0 saturated heterocycles. The Morgan fingerprint density at radius 3 is 2.44 bits per heavy atom. The lowest BCUT2D eigenvalue weighted by Gasteiger charge is -2.27. The number of hydroxylamine groups is 3. The van der Waals surface area contributed by atoms with E-state index in [-0.39, 0.29) is 12.4 Å². The third kappa shape index (κ3) is 5.79. The molecule has 1 rings (SSSR count). The minimum atomic E-state index is 0. The standard InChI is InChI=1S/C13H20NO.ClH/c1-4-5-9-12-14(2,3)15-13-10-7-6-8-11-13;/h4,6-8,10-11H,1,5,9,12H2,2-3H3;1H/q+1;/p-1. The fraction of sp³-hybridized carbons (Fsp3) is 0.385. The summed E-state index contributed by atoms with van der Waals surface area (Å²) in [6.07, 6.45) is 4.09. The number of rotatable bonds is 6. The van der Waals surface area contributed by atoms with E-state index in [1.807, 2.05) is 36.4 Å². The van der Waals surface area contributed by atoms with Gasteiger partial charge in [-0.1, -0.05) is 24.3 Å². The molecule has 2 nitrogen and oxygen atoms in total. The summed E-state index contributed by atoms with van der Waals surface area (Å²) >= 11 is 0. The molecule has 0 bridgehead atoms.